The summed E-state index contributed by atoms with van der Waals surface area (Å²) in [6.07, 6.45) is 4.39. The van der Waals surface area contributed by atoms with Gasteiger partial charge in [-0.3, -0.25) is 0 Å². The zero-order valence-corrected chi connectivity index (χ0v) is 16.8. The van der Waals surface area contributed by atoms with E-state index in [-0.39, 0.29) is 23.3 Å². The Hall–Kier alpha value is -2.40. The van der Waals surface area contributed by atoms with Crippen molar-refractivity contribution in [3.05, 3.63) is 59.9 Å². The van der Waals surface area contributed by atoms with E-state index < -0.39 is 18.1 Å². The Morgan fingerprint density at radius 3 is 2.52 bits per heavy atom. The van der Waals surface area contributed by atoms with Gasteiger partial charge in [0.2, 0.25) is 6.29 Å². The normalized spacial score (nSPS) is 23.9. The molecule has 4 unspecified atom stereocenters. The third-order valence-corrected chi connectivity index (χ3v) is 5.89. The Kier molecular flexibility index (Phi) is 5.86. The summed E-state index contributed by atoms with van der Waals surface area (Å²) in [5, 5.41) is 0. The van der Waals surface area contributed by atoms with Crippen molar-refractivity contribution in [2.45, 2.75) is 51.9 Å². The van der Waals surface area contributed by atoms with Crippen LogP contribution in [0.4, 0.5) is 4.39 Å². The summed E-state index contributed by atoms with van der Waals surface area (Å²) in [6, 6.07) is 12.8. The van der Waals surface area contributed by atoms with Crippen LogP contribution in [-0.2, 0) is 4.74 Å². The van der Waals surface area contributed by atoms with Gasteiger partial charge in [-0.25, -0.2) is 9.18 Å². The second-order valence-corrected chi connectivity index (χ2v) is 8.43. The smallest absolute Gasteiger partial charge is 0.343 e. The van der Waals surface area contributed by atoms with Crippen LogP contribution in [0.5, 0.6) is 11.5 Å². The molecule has 2 aliphatic rings. The van der Waals surface area contributed by atoms with Crippen molar-refractivity contribution in [1.82, 2.24) is 0 Å². The first kappa shape index (κ1) is 19.9. The number of hydrogen-bond acceptors (Lipinski definition) is 4. The zero-order chi connectivity index (χ0) is 20.4. The molecule has 154 valence electrons. The predicted octanol–water partition coefficient (Wildman–Crippen LogP) is 5.61. The summed E-state index contributed by atoms with van der Waals surface area (Å²) in [5.74, 6) is 0.749. The summed E-state index contributed by atoms with van der Waals surface area (Å²) in [4.78, 5) is 12.4. The minimum absolute atomic E-state index is 0.00867. The van der Waals surface area contributed by atoms with Gasteiger partial charge in [0, 0.05) is 5.92 Å². The molecule has 0 radical (unpaired) electrons. The van der Waals surface area contributed by atoms with Crippen molar-refractivity contribution in [3.63, 3.8) is 0 Å². The third kappa shape index (κ3) is 4.61. The first-order chi connectivity index (χ1) is 14.0. The molecule has 2 fully saturated rings. The summed E-state index contributed by atoms with van der Waals surface area (Å²) < 4.78 is 31.9. The number of carbonyl (C=O) groups excluding carboxylic acids is 1. The molecule has 0 aliphatic heterocycles. The SMILES string of the molecule is CC(C)C(Oc1cc(C(=O)Oc2ccccc2)ccc1F)OC1CC2CCC1C2. The number of halogens is 1. The van der Waals surface area contributed by atoms with Crippen LogP contribution in [-0.4, -0.2) is 18.4 Å². The molecule has 2 saturated carbocycles. The maximum Gasteiger partial charge on any atom is 0.343 e. The van der Waals surface area contributed by atoms with Crippen molar-refractivity contribution in [3.8, 4) is 11.5 Å². The van der Waals surface area contributed by atoms with E-state index in [0.717, 1.165) is 12.3 Å². The van der Waals surface area contributed by atoms with Gasteiger partial charge in [0.15, 0.2) is 11.6 Å². The Labute approximate surface area is 171 Å². The first-order valence-electron chi connectivity index (χ1n) is 10.4. The van der Waals surface area contributed by atoms with Crippen LogP contribution >= 0.6 is 0 Å². The molecule has 0 saturated heterocycles. The van der Waals surface area contributed by atoms with Crippen LogP contribution < -0.4 is 9.47 Å². The Morgan fingerprint density at radius 1 is 1.07 bits per heavy atom. The van der Waals surface area contributed by atoms with E-state index in [9.17, 15) is 9.18 Å². The Balaban J connectivity index is 1.46. The molecule has 4 atom stereocenters. The highest BCUT2D eigenvalue weighted by Gasteiger charge is 2.42. The number of esters is 1. The second-order valence-electron chi connectivity index (χ2n) is 8.43. The van der Waals surface area contributed by atoms with Crippen molar-refractivity contribution < 1.29 is 23.4 Å². The molecule has 5 heteroatoms. The van der Waals surface area contributed by atoms with E-state index in [4.69, 9.17) is 14.2 Å². The highest BCUT2D eigenvalue weighted by atomic mass is 19.1. The van der Waals surface area contributed by atoms with E-state index in [1.165, 1.54) is 37.5 Å². The summed E-state index contributed by atoms with van der Waals surface area (Å²) in [7, 11) is 0. The molecule has 4 rings (SSSR count). The number of carbonyl (C=O) groups is 1. The van der Waals surface area contributed by atoms with Crippen LogP contribution in [0.15, 0.2) is 48.5 Å². The highest BCUT2D eigenvalue weighted by molar-refractivity contribution is 5.91. The number of fused-ring (bicyclic) bond motifs is 2. The van der Waals surface area contributed by atoms with E-state index in [1.54, 1.807) is 24.3 Å². The molecule has 2 bridgehead atoms. The molecule has 0 N–H and O–H groups in total. The number of rotatable bonds is 7. The molecular formula is C24H27FO4. The fraction of sp³-hybridized carbons (Fsp3) is 0.458. The molecule has 4 nitrogen and oxygen atoms in total. The third-order valence-electron chi connectivity index (χ3n) is 5.89. The molecule has 2 aromatic carbocycles. The van der Waals surface area contributed by atoms with Gasteiger partial charge in [-0.1, -0.05) is 32.0 Å². The largest absolute Gasteiger partial charge is 0.462 e. The fourth-order valence-electron chi connectivity index (χ4n) is 4.35. The van der Waals surface area contributed by atoms with E-state index >= 15 is 0 Å². The molecule has 29 heavy (non-hydrogen) atoms. The van der Waals surface area contributed by atoms with Gasteiger partial charge in [-0.05, 0) is 67.9 Å². The Morgan fingerprint density at radius 2 is 1.86 bits per heavy atom. The average molecular weight is 398 g/mol. The van der Waals surface area contributed by atoms with Crippen LogP contribution in [0.3, 0.4) is 0 Å². The monoisotopic (exact) mass is 398 g/mol. The number of benzene rings is 2. The van der Waals surface area contributed by atoms with Gasteiger partial charge in [-0.15, -0.1) is 0 Å². The zero-order valence-electron chi connectivity index (χ0n) is 16.8. The summed E-state index contributed by atoms with van der Waals surface area (Å²) in [6.45, 7) is 3.98. The lowest BCUT2D eigenvalue weighted by Crippen LogP contribution is -2.34. The molecular weight excluding hydrogens is 371 g/mol. The van der Waals surface area contributed by atoms with E-state index in [1.807, 2.05) is 19.9 Å². The van der Waals surface area contributed by atoms with Crippen molar-refractivity contribution in [2.75, 3.05) is 0 Å². The lowest BCUT2D eigenvalue weighted by atomic mass is 9.97. The lowest BCUT2D eigenvalue weighted by molar-refractivity contribution is -0.156. The maximum absolute atomic E-state index is 14.4. The first-order valence-corrected chi connectivity index (χ1v) is 10.4. The molecule has 0 spiro atoms. The molecule has 2 aromatic rings. The quantitative estimate of drug-likeness (QED) is 0.345. The minimum Gasteiger partial charge on any atom is -0.462 e. The molecule has 0 heterocycles. The number of ether oxygens (including phenoxy) is 3. The van der Waals surface area contributed by atoms with Crippen LogP contribution in [0.25, 0.3) is 0 Å². The summed E-state index contributed by atoms with van der Waals surface area (Å²) in [5.41, 5.74) is 0.229. The van der Waals surface area contributed by atoms with Crippen molar-refractivity contribution in [2.24, 2.45) is 17.8 Å². The van der Waals surface area contributed by atoms with Gasteiger partial charge < -0.3 is 14.2 Å². The topological polar surface area (TPSA) is 44.8 Å². The van der Waals surface area contributed by atoms with Crippen LogP contribution in [0, 0.1) is 23.6 Å². The fourth-order valence-corrected chi connectivity index (χ4v) is 4.35. The molecule has 0 aromatic heterocycles. The van der Waals surface area contributed by atoms with Crippen molar-refractivity contribution in [1.29, 1.82) is 0 Å². The maximum atomic E-state index is 14.4. The highest BCUT2D eigenvalue weighted by Crippen LogP contribution is 2.46. The van der Waals surface area contributed by atoms with Gasteiger partial charge >= 0.3 is 5.97 Å². The number of hydrogen-bond donors (Lipinski definition) is 0. The average Bonchev–Trinajstić information content (AvgIpc) is 3.33. The lowest BCUT2D eigenvalue weighted by Gasteiger charge is -2.30. The van der Waals surface area contributed by atoms with Gasteiger partial charge in [-0.2, -0.15) is 0 Å². The second kappa shape index (κ2) is 8.54. The molecule has 2 aliphatic carbocycles. The number of para-hydroxylation sites is 1. The van der Waals surface area contributed by atoms with E-state index in [0.29, 0.717) is 11.7 Å². The van der Waals surface area contributed by atoms with Crippen molar-refractivity contribution >= 4 is 5.97 Å². The van der Waals surface area contributed by atoms with Gasteiger partial charge in [0.25, 0.3) is 0 Å². The molecule has 0 amide bonds. The minimum atomic E-state index is -0.561. The van der Waals surface area contributed by atoms with E-state index in [2.05, 4.69) is 0 Å². The van der Waals surface area contributed by atoms with Gasteiger partial charge in [0.1, 0.15) is 5.75 Å². The van der Waals surface area contributed by atoms with Gasteiger partial charge in [0.05, 0.1) is 11.7 Å². The predicted molar refractivity (Wildman–Crippen MR) is 107 cm³/mol. The summed E-state index contributed by atoms with van der Waals surface area (Å²) >= 11 is 0. The standard InChI is InChI=1S/C24H27FO4/c1-15(2)24(28-21-13-16-8-9-17(21)12-16)29-22-14-18(10-11-20(22)25)23(26)27-19-6-4-3-5-7-19/h3-7,10-11,14-17,21,24H,8-9,12-13H2,1-2H3. The Bertz CT molecular complexity index is 851. The van der Waals surface area contributed by atoms with Crippen LogP contribution in [0.2, 0.25) is 0 Å². The van der Waals surface area contributed by atoms with Crippen LogP contribution in [0.1, 0.15) is 49.9 Å².